The van der Waals surface area contributed by atoms with Gasteiger partial charge < -0.3 is 19.8 Å². The Morgan fingerprint density at radius 1 is 0.422 bits per heavy atom. The first-order valence-corrected chi connectivity index (χ1v) is 36.9. The molecular weight excluding hydrogens is 1040 g/mol. The standard InChI is InChI=1S/C74H137N2O6P/c1-6-8-10-12-14-16-18-20-22-24-26-28-30-32-33-34-35-36-37-38-39-40-41-42-43-44-46-48-50-52-54-56-58-60-62-64-66-68-74(78)75-72(71-82-83(79,80)81-70-69-76(3,4)5)73(77)67-65-63-61-59-57-55-53-51-49-47-45-31-29-27-25-23-21-19-17-15-13-11-9-7-2/h8,10,14,16,20,22,26,28,32-33,35-36,38-39,72-73,77H,6-7,9,11-13,15,17-19,21,23-25,27,29-31,34,37,40-71H2,1-5H3,(H-,75,78,79,80)/p+1/b10-8-,16-14-,22-20-,28-26-,33-32-,36-35-,39-38-. The van der Waals surface area contributed by atoms with Crippen LogP contribution in [0.4, 0.5) is 0 Å². The lowest BCUT2D eigenvalue weighted by molar-refractivity contribution is -0.870. The SMILES string of the molecule is CC/C=C\C/C=C\C/C=C\C/C=C\C/C=C\C/C=C\C/C=C\CCCCCCCCCCCCCCCCCC(=O)NC(COP(=O)(O)OCC[N+](C)(C)C)C(O)CCCCCCCCCCCCCCCCCCCCCCCCCC. The van der Waals surface area contributed by atoms with Gasteiger partial charge in [0, 0.05) is 6.42 Å². The Bertz CT molecular complexity index is 1630. The summed E-state index contributed by atoms with van der Waals surface area (Å²) in [6.45, 7) is 4.81. The topological polar surface area (TPSA) is 105 Å². The van der Waals surface area contributed by atoms with Crippen LogP contribution in [0.25, 0.3) is 0 Å². The average Bonchev–Trinajstić information content (AvgIpc) is 3.50. The minimum absolute atomic E-state index is 0.0735. The van der Waals surface area contributed by atoms with E-state index in [-0.39, 0.29) is 19.1 Å². The predicted octanol–water partition coefficient (Wildman–Crippen LogP) is 22.7. The molecule has 0 bridgehead atoms. The van der Waals surface area contributed by atoms with Crippen molar-refractivity contribution in [3.8, 4) is 0 Å². The molecule has 1 amide bonds. The molecule has 0 aliphatic carbocycles. The Balaban J connectivity index is 4.02. The molecule has 0 saturated carbocycles. The van der Waals surface area contributed by atoms with Crippen LogP contribution in [0.1, 0.15) is 328 Å². The average molecular weight is 1180 g/mol. The number of hydrogen-bond acceptors (Lipinski definition) is 5. The third-order valence-corrected chi connectivity index (χ3v) is 16.9. The van der Waals surface area contributed by atoms with E-state index in [0.29, 0.717) is 23.9 Å². The molecule has 0 saturated heterocycles. The Labute approximate surface area is 516 Å². The van der Waals surface area contributed by atoms with Crippen LogP contribution >= 0.6 is 7.82 Å². The Kier molecular flexibility index (Phi) is 62.4. The summed E-state index contributed by atoms with van der Waals surface area (Å²) < 4.78 is 23.9. The van der Waals surface area contributed by atoms with Gasteiger partial charge in [0.2, 0.25) is 5.91 Å². The van der Waals surface area contributed by atoms with Crippen molar-refractivity contribution in [3.63, 3.8) is 0 Å². The molecule has 0 aliphatic rings. The number of nitrogens with one attached hydrogen (secondary N) is 1. The molecule has 3 N–H and O–H groups in total. The highest BCUT2D eigenvalue weighted by Crippen LogP contribution is 2.43. The number of allylic oxidation sites excluding steroid dienone is 14. The van der Waals surface area contributed by atoms with Crippen molar-refractivity contribution in [3.05, 3.63) is 85.1 Å². The van der Waals surface area contributed by atoms with Gasteiger partial charge in [-0.3, -0.25) is 13.8 Å². The van der Waals surface area contributed by atoms with E-state index < -0.39 is 20.0 Å². The largest absolute Gasteiger partial charge is 0.472 e. The van der Waals surface area contributed by atoms with E-state index in [4.69, 9.17) is 9.05 Å². The van der Waals surface area contributed by atoms with Gasteiger partial charge in [-0.1, -0.05) is 336 Å². The second kappa shape index (κ2) is 64.2. The fourth-order valence-electron chi connectivity index (χ4n) is 10.4. The maximum atomic E-state index is 13.1. The predicted molar refractivity (Wildman–Crippen MR) is 364 cm³/mol. The molecule has 0 aromatic rings. The summed E-state index contributed by atoms with van der Waals surface area (Å²) >= 11 is 0. The molecule has 0 aliphatic heterocycles. The van der Waals surface area contributed by atoms with Crippen molar-refractivity contribution in [1.82, 2.24) is 5.32 Å². The summed E-state index contributed by atoms with van der Waals surface area (Å²) in [5.41, 5.74) is 0. The molecule has 0 rings (SSSR count). The van der Waals surface area contributed by atoms with E-state index in [1.54, 1.807) is 0 Å². The number of carbonyl (C=O) groups excluding carboxylic acids is 1. The van der Waals surface area contributed by atoms with Gasteiger partial charge in [-0.05, 0) is 70.6 Å². The van der Waals surface area contributed by atoms with E-state index >= 15 is 0 Å². The zero-order valence-corrected chi connectivity index (χ0v) is 56.3. The van der Waals surface area contributed by atoms with Gasteiger partial charge in [-0.2, -0.15) is 0 Å². The molecule has 83 heavy (non-hydrogen) atoms. The molecule has 9 heteroatoms. The summed E-state index contributed by atoms with van der Waals surface area (Å²) in [5, 5.41) is 14.2. The number of phosphoric acid groups is 1. The molecule has 0 radical (unpaired) electrons. The summed E-state index contributed by atoms with van der Waals surface area (Å²) in [4.78, 5) is 23.5. The van der Waals surface area contributed by atoms with Crippen LogP contribution in [0.15, 0.2) is 85.1 Å². The fourth-order valence-corrected chi connectivity index (χ4v) is 11.2. The van der Waals surface area contributed by atoms with Gasteiger partial charge in [0.1, 0.15) is 13.2 Å². The number of phosphoric ester groups is 1. The lowest BCUT2D eigenvalue weighted by Gasteiger charge is -2.26. The lowest BCUT2D eigenvalue weighted by atomic mass is 10.0. The molecule has 8 nitrogen and oxygen atoms in total. The van der Waals surface area contributed by atoms with Gasteiger partial charge in [0.25, 0.3) is 0 Å². The Hall–Kier alpha value is -2.32. The van der Waals surface area contributed by atoms with Crippen molar-refractivity contribution >= 4 is 13.7 Å². The zero-order chi connectivity index (χ0) is 60.5. The number of unbranched alkanes of at least 4 members (excludes halogenated alkanes) is 38. The molecule has 3 unspecified atom stereocenters. The third-order valence-electron chi connectivity index (χ3n) is 15.9. The van der Waals surface area contributed by atoms with Gasteiger partial charge in [0.05, 0.1) is 39.9 Å². The number of aliphatic hydroxyl groups excluding tert-OH is 1. The maximum absolute atomic E-state index is 13.1. The van der Waals surface area contributed by atoms with Crippen molar-refractivity contribution < 1.29 is 32.9 Å². The quantitative estimate of drug-likeness (QED) is 0.0243. The van der Waals surface area contributed by atoms with Crippen LogP contribution in [-0.4, -0.2) is 73.4 Å². The molecule has 3 atom stereocenters. The minimum Gasteiger partial charge on any atom is -0.391 e. The first-order valence-electron chi connectivity index (χ1n) is 35.5. The molecule has 0 fully saturated rings. The Morgan fingerprint density at radius 3 is 1.06 bits per heavy atom. The highest BCUT2D eigenvalue weighted by molar-refractivity contribution is 7.47. The highest BCUT2D eigenvalue weighted by atomic mass is 31.2. The summed E-state index contributed by atoms with van der Waals surface area (Å²) in [6.07, 6.45) is 91.1. The third kappa shape index (κ3) is 67.1. The number of rotatable bonds is 65. The molecule has 0 aromatic heterocycles. The normalized spacial score (nSPS) is 14.2. The van der Waals surface area contributed by atoms with E-state index in [0.717, 1.165) is 83.5 Å². The van der Waals surface area contributed by atoms with Crippen molar-refractivity contribution in [1.29, 1.82) is 0 Å². The lowest BCUT2D eigenvalue weighted by Crippen LogP contribution is -2.46. The van der Waals surface area contributed by atoms with Crippen molar-refractivity contribution in [2.24, 2.45) is 0 Å². The van der Waals surface area contributed by atoms with Gasteiger partial charge in [-0.15, -0.1) is 0 Å². The first-order chi connectivity index (χ1) is 40.5. The first kappa shape index (κ1) is 80.7. The second-order valence-corrected chi connectivity index (χ2v) is 26.7. The molecular formula is C74H138N2O6P+. The van der Waals surface area contributed by atoms with Crippen LogP contribution in [-0.2, 0) is 18.4 Å². The van der Waals surface area contributed by atoms with Crippen LogP contribution in [0.3, 0.4) is 0 Å². The van der Waals surface area contributed by atoms with Crippen LogP contribution < -0.4 is 5.32 Å². The summed E-state index contributed by atoms with van der Waals surface area (Å²) in [5.74, 6) is -0.142. The number of nitrogens with zero attached hydrogens (tertiary/aromatic N) is 1. The smallest absolute Gasteiger partial charge is 0.391 e. The van der Waals surface area contributed by atoms with Gasteiger partial charge in [0.15, 0.2) is 0 Å². The number of carbonyl (C=O) groups is 1. The molecule has 0 aromatic carbocycles. The van der Waals surface area contributed by atoms with Crippen LogP contribution in [0.5, 0.6) is 0 Å². The number of aliphatic hydroxyl groups is 1. The van der Waals surface area contributed by atoms with E-state index in [9.17, 15) is 19.4 Å². The van der Waals surface area contributed by atoms with Crippen LogP contribution in [0.2, 0.25) is 0 Å². The number of hydrogen-bond donors (Lipinski definition) is 3. The van der Waals surface area contributed by atoms with Crippen molar-refractivity contribution in [2.75, 3.05) is 40.9 Å². The molecule has 0 spiro atoms. The van der Waals surface area contributed by atoms with Crippen molar-refractivity contribution in [2.45, 2.75) is 341 Å². The maximum Gasteiger partial charge on any atom is 0.472 e. The monoisotopic (exact) mass is 1180 g/mol. The minimum atomic E-state index is -4.33. The highest BCUT2D eigenvalue weighted by Gasteiger charge is 2.28. The Morgan fingerprint density at radius 2 is 0.723 bits per heavy atom. The van der Waals surface area contributed by atoms with Gasteiger partial charge >= 0.3 is 7.82 Å². The molecule has 0 heterocycles. The van der Waals surface area contributed by atoms with E-state index in [1.165, 1.54) is 218 Å². The van der Waals surface area contributed by atoms with Crippen LogP contribution in [0, 0.1) is 0 Å². The van der Waals surface area contributed by atoms with E-state index in [1.807, 2.05) is 21.1 Å². The fraction of sp³-hybridized carbons (Fsp3) is 0.797. The second-order valence-electron chi connectivity index (χ2n) is 25.2. The summed E-state index contributed by atoms with van der Waals surface area (Å²) in [6, 6.07) is -0.766. The number of amides is 1. The number of quaternary nitrogens is 1. The van der Waals surface area contributed by atoms with Gasteiger partial charge in [-0.25, -0.2) is 4.57 Å². The zero-order valence-electron chi connectivity index (χ0n) is 55.4. The number of likely N-dealkylation sites (N-methyl/N-ethyl adjacent to an activating group) is 1. The van der Waals surface area contributed by atoms with E-state index in [2.05, 4.69) is 104 Å². The summed E-state index contributed by atoms with van der Waals surface area (Å²) in [7, 11) is 1.62. The molecule has 484 valence electrons.